The van der Waals surface area contributed by atoms with Crippen LogP contribution in [0, 0.1) is 0 Å². The van der Waals surface area contributed by atoms with Crippen LogP contribution in [0.4, 0.5) is 0 Å². The van der Waals surface area contributed by atoms with E-state index in [9.17, 15) is 0 Å². The minimum atomic E-state index is -0.156. The van der Waals surface area contributed by atoms with Gasteiger partial charge >= 0.3 is 0 Å². The lowest BCUT2D eigenvalue weighted by atomic mass is 10.1. The molecule has 112 valence electrons. The quantitative estimate of drug-likeness (QED) is 0.933. The highest BCUT2D eigenvalue weighted by Gasteiger charge is 2.28. The number of nitrogens with zero attached hydrogens (tertiary/aromatic N) is 1. The van der Waals surface area contributed by atoms with Gasteiger partial charge in [0.05, 0.1) is 29.5 Å². The van der Waals surface area contributed by atoms with Crippen LogP contribution in [0.5, 0.6) is 5.75 Å². The highest BCUT2D eigenvalue weighted by atomic mass is 35.5. The van der Waals surface area contributed by atoms with E-state index < -0.39 is 0 Å². The van der Waals surface area contributed by atoms with Crippen LogP contribution in [0.2, 0.25) is 10.0 Å². The predicted molar refractivity (Wildman–Crippen MR) is 80.9 cm³/mol. The summed E-state index contributed by atoms with van der Waals surface area (Å²) >= 11 is 11.9. The number of benzene rings is 1. The van der Waals surface area contributed by atoms with Crippen molar-refractivity contribution in [1.29, 1.82) is 0 Å². The fraction of sp³-hybridized carbons (Fsp3) is 0.333. The molecule has 21 heavy (non-hydrogen) atoms. The van der Waals surface area contributed by atoms with Gasteiger partial charge in [0.15, 0.2) is 0 Å². The smallest absolute Gasteiger partial charge is 0.140 e. The van der Waals surface area contributed by atoms with E-state index >= 15 is 0 Å². The number of β-amino-alcohol motifs (C(OH)–C–C–N with tert-alkyl or cyclic N) is 1. The van der Waals surface area contributed by atoms with Crippen molar-refractivity contribution in [3.8, 4) is 5.75 Å². The monoisotopic (exact) mass is 327 g/mol. The molecule has 2 aromatic rings. The van der Waals surface area contributed by atoms with E-state index in [2.05, 4.69) is 4.90 Å². The summed E-state index contributed by atoms with van der Waals surface area (Å²) in [5, 5.41) is 10.1. The first-order chi connectivity index (χ1) is 10.2. The molecule has 2 heterocycles. The maximum absolute atomic E-state index is 9.11. The van der Waals surface area contributed by atoms with Crippen molar-refractivity contribution in [3.05, 3.63) is 51.9 Å². The van der Waals surface area contributed by atoms with Gasteiger partial charge in [-0.3, -0.25) is 4.90 Å². The summed E-state index contributed by atoms with van der Waals surface area (Å²) in [6, 6.07) is 7.13. The lowest BCUT2D eigenvalue weighted by Crippen LogP contribution is -2.36. The molecule has 1 aromatic carbocycles. The summed E-state index contributed by atoms with van der Waals surface area (Å²) in [5.41, 5.74) is 1.04. The summed E-state index contributed by atoms with van der Waals surface area (Å²) in [4.78, 5) is 2.09. The number of hydrogen-bond acceptors (Lipinski definition) is 4. The summed E-state index contributed by atoms with van der Waals surface area (Å²) in [6.45, 7) is 2.06. The van der Waals surface area contributed by atoms with E-state index in [-0.39, 0.29) is 12.7 Å². The topological polar surface area (TPSA) is 45.8 Å². The first kappa shape index (κ1) is 14.7. The molecule has 3 rings (SSSR count). The molecule has 0 saturated heterocycles. The van der Waals surface area contributed by atoms with Crippen LogP contribution in [-0.4, -0.2) is 29.7 Å². The third-order valence-corrected chi connectivity index (χ3v) is 4.24. The molecule has 1 aliphatic rings. The third kappa shape index (κ3) is 3.19. The van der Waals surface area contributed by atoms with Gasteiger partial charge in [-0.05, 0) is 18.2 Å². The number of fused-ring (bicyclic) bond motifs is 1. The van der Waals surface area contributed by atoms with E-state index in [1.54, 1.807) is 24.5 Å². The molecule has 0 spiro atoms. The minimum Gasteiger partial charge on any atom is -0.484 e. The zero-order valence-electron chi connectivity index (χ0n) is 11.3. The highest BCUT2D eigenvalue weighted by molar-refractivity contribution is 6.42. The van der Waals surface area contributed by atoms with Crippen molar-refractivity contribution in [1.82, 2.24) is 4.90 Å². The van der Waals surface area contributed by atoms with Gasteiger partial charge in [0.25, 0.3) is 0 Å². The lowest BCUT2D eigenvalue weighted by molar-refractivity contribution is 0.0879. The molecule has 0 bridgehead atoms. The van der Waals surface area contributed by atoms with Gasteiger partial charge < -0.3 is 14.3 Å². The Morgan fingerprint density at radius 1 is 1.29 bits per heavy atom. The van der Waals surface area contributed by atoms with Crippen LogP contribution in [0.1, 0.15) is 17.4 Å². The van der Waals surface area contributed by atoms with Crippen LogP contribution in [0.25, 0.3) is 0 Å². The number of halogens is 2. The first-order valence-electron chi connectivity index (χ1n) is 6.68. The van der Waals surface area contributed by atoms with Crippen LogP contribution in [-0.2, 0) is 6.54 Å². The van der Waals surface area contributed by atoms with Gasteiger partial charge in [0.1, 0.15) is 17.6 Å². The fourth-order valence-electron chi connectivity index (χ4n) is 2.49. The molecule has 0 saturated carbocycles. The van der Waals surface area contributed by atoms with E-state index in [1.165, 1.54) is 0 Å². The second-order valence-corrected chi connectivity index (χ2v) is 5.75. The number of aliphatic hydroxyl groups is 1. The maximum Gasteiger partial charge on any atom is 0.140 e. The molecule has 0 amide bonds. The Morgan fingerprint density at radius 2 is 2.14 bits per heavy atom. The Hall–Kier alpha value is -1.20. The van der Waals surface area contributed by atoms with E-state index in [0.29, 0.717) is 35.4 Å². The zero-order chi connectivity index (χ0) is 14.8. The van der Waals surface area contributed by atoms with Gasteiger partial charge in [0.2, 0.25) is 0 Å². The Morgan fingerprint density at radius 3 is 2.90 bits per heavy atom. The minimum absolute atomic E-state index is 0.107. The summed E-state index contributed by atoms with van der Waals surface area (Å²) in [7, 11) is 0. The Balaban J connectivity index is 1.82. The SMILES string of the molecule is OCCN1Cc2occc2C(Oc2ccc(Cl)c(Cl)c2)C1. The second-order valence-electron chi connectivity index (χ2n) is 4.94. The number of rotatable bonds is 4. The number of furan rings is 1. The molecule has 1 aromatic heterocycles. The van der Waals surface area contributed by atoms with Gasteiger partial charge in [-0.25, -0.2) is 0 Å². The molecule has 6 heteroatoms. The van der Waals surface area contributed by atoms with Gasteiger partial charge in [-0.1, -0.05) is 23.2 Å². The fourth-order valence-corrected chi connectivity index (χ4v) is 2.78. The summed E-state index contributed by atoms with van der Waals surface area (Å²) in [6.07, 6.45) is 1.51. The molecule has 1 atom stereocenters. The first-order valence-corrected chi connectivity index (χ1v) is 7.44. The average Bonchev–Trinajstić information content (AvgIpc) is 2.92. The Kier molecular flexibility index (Phi) is 4.40. The van der Waals surface area contributed by atoms with Crippen molar-refractivity contribution < 1.29 is 14.3 Å². The van der Waals surface area contributed by atoms with Gasteiger partial charge in [-0.15, -0.1) is 0 Å². The van der Waals surface area contributed by atoms with Crippen LogP contribution < -0.4 is 4.74 Å². The molecule has 1 unspecified atom stereocenters. The number of aliphatic hydroxyl groups excluding tert-OH is 1. The van der Waals surface area contributed by atoms with Crippen LogP contribution in [0.15, 0.2) is 34.9 Å². The predicted octanol–water partition coefficient (Wildman–Crippen LogP) is 3.51. The standard InChI is InChI=1S/C15H15Cl2NO3/c16-12-2-1-10(7-13(12)17)21-15-9-18(4-5-19)8-14-11(15)3-6-20-14/h1-3,6-7,15,19H,4-5,8-9H2. The van der Waals surface area contributed by atoms with E-state index in [0.717, 1.165) is 11.3 Å². The second kappa shape index (κ2) is 6.28. The van der Waals surface area contributed by atoms with E-state index in [4.69, 9.17) is 37.5 Å². The molecule has 1 aliphatic heterocycles. The molecular weight excluding hydrogens is 313 g/mol. The number of hydrogen-bond donors (Lipinski definition) is 1. The normalized spacial score (nSPS) is 18.5. The molecule has 0 fully saturated rings. The Labute approximate surface area is 132 Å². The number of ether oxygens (including phenoxy) is 1. The average molecular weight is 328 g/mol. The van der Waals surface area contributed by atoms with Gasteiger partial charge in [0, 0.05) is 24.7 Å². The Bertz CT molecular complexity index is 629. The van der Waals surface area contributed by atoms with Crippen LogP contribution in [0.3, 0.4) is 0 Å². The molecule has 1 N–H and O–H groups in total. The van der Waals surface area contributed by atoms with Crippen molar-refractivity contribution in [2.24, 2.45) is 0 Å². The molecular formula is C15H15Cl2NO3. The molecule has 0 aliphatic carbocycles. The lowest BCUT2D eigenvalue weighted by Gasteiger charge is -2.31. The summed E-state index contributed by atoms with van der Waals surface area (Å²) < 4.78 is 11.5. The van der Waals surface area contributed by atoms with Crippen LogP contribution >= 0.6 is 23.2 Å². The van der Waals surface area contributed by atoms with Crippen molar-refractivity contribution in [2.75, 3.05) is 19.7 Å². The van der Waals surface area contributed by atoms with Crippen molar-refractivity contribution >= 4 is 23.2 Å². The van der Waals surface area contributed by atoms with Crippen molar-refractivity contribution in [3.63, 3.8) is 0 Å². The molecule has 4 nitrogen and oxygen atoms in total. The molecule has 0 radical (unpaired) electrons. The summed E-state index contributed by atoms with van der Waals surface area (Å²) in [5.74, 6) is 1.53. The largest absolute Gasteiger partial charge is 0.484 e. The highest BCUT2D eigenvalue weighted by Crippen LogP contribution is 2.33. The van der Waals surface area contributed by atoms with E-state index in [1.807, 2.05) is 6.07 Å². The van der Waals surface area contributed by atoms with Gasteiger partial charge in [-0.2, -0.15) is 0 Å². The van der Waals surface area contributed by atoms with Crippen molar-refractivity contribution in [2.45, 2.75) is 12.6 Å². The maximum atomic E-state index is 9.11. The zero-order valence-corrected chi connectivity index (χ0v) is 12.8. The third-order valence-electron chi connectivity index (χ3n) is 3.50.